The van der Waals surface area contributed by atoms with Crippen LogP contribution in [0, 0.1) is 0 Å². The van der Waals surface area contributed by atoms with Gasteiger partial charge in [-0.2, -0.15) is 4.98 Å². The van der Waals surface area contributed by atoms with E-state index in [0.29, 0.717) is 11.7 Å². The summed E-state index contributed by atoms with van der Waals surface area (Å²) in [6.45, 7) is 3.78. The molecule has 5 heteroatoms. The van der Waals surface area contributed by atoms with Gasteiger partial charge in [-0.15, -0.1) is 0 Å². The maximum Gasteiger partial charge on any atom is 0.226 e. The first-order valence-electron chi connectivity index (χ1n) is 4.94. The lowest BCUT2D eigenvalue weighted by atomic mass is 10.00. The smallest absolute Gasteiger partial charge is 0.226 e. The summed E-state index contributed by atoms with van der Waals surface area (Å²) in [5.41, 5.74) is 5.80. The number of rotatable bonds is 2. The molecule has 0 spiro atoms. The number of nitrogens with zero attached hydrogens (tertiary/aromatic N) is 3. The Balaban J connectivity index is 2.21. The third-order valence-corrected chi connectivity index (χ3v) is 2.71. The second-order valence-electron chi connectivity index (χ2n) is 4.01. The van der Waals surface area contributed by atoms with Crippen LogP contribution in [0.2, 0.25) is 0 Å². The second kappa shape index (κ2) is 3.33. The Bertz CT molecular complexity index is 324. The van der Waals surface area contributed by atoms with Gasteiger partial charge < -0.3 is 15.2 Å². The van der Waals surface area contributed by atoms with E-state index >= 15 is 0 Å². The molecule has 2 heterocycles. The minimum absolute atomic E-state index is 0.411. The molecule has 5 nitrogen and oxygen atoms in total. The summed E-state index contributed by atoms with van der Waals surface area (Å²) < 4.78 is 5.07. The minimum atomic E-state index is -0.411. The van der Waals surface area contributed by atoms with E-state index in [1.165, 1.54) is 0 Å². The van der Waals surface area contributed by atoms with E-state index in [0.717, 1.165) is 25.9 Å². The Hall–Kier alpha value is -0.940. The number of hydrogen-bond acceptors (Lipinski definition) is 5. The second-order valence-corrected chi connectivity index (χ2v) is 4.01. The normalized spacial score (nSPS) is 28.5. The molecular formula is C9H16N4O. The molecule has 0 amide bonds. The lowest BCUT2D eigenvalue weighted by Crippen LogP contribution is -2.40. The SMILES string of the molecule is CCc1nc(C2(N)CCN(C)C2)no1. The van der Waals surface area contributed by atoms with E-state index < -0.39 is 5.54 Å². The van der Waals surface area contributed by atoms with Gasteiger partial charge in [-0.3, -0.25) is 0 Å². The first kappa shape index (κ1) is 9.61. The highest BCUT2D eigenvalue weighted by atomic mass is 16.5. The maximum atomic E-state index is 6.21. The summed E-state index contributed by atoms with van der Waals surface area (Å²) >= 11 is 0. The van der Waals surface area contributed by atoms with Gasteiger partial charge in [0, 0.05) is 19.5 Å². The van der Waals surface area contributed by atoms with E-state index in [4.69, 9.17) is 10.3 Å². The summed E-state index contributed by atoms with van der Waals surface area (Å²) in [5, 5.41) is 3.94. The summed E-state index contributed by atoms with van der Waals surface area (Å²) in [4.78, 5) is 6.47. The number of likely N-dealkylation sites (tertiary alicyclic amines) is 1. The largest absolute Gasteiger partial charge is 0.339 e. The van der Waals surface area contributed by atoms with E-state index in [2.05, 4.69) is 22.1 Å². The molecule has 1 aromatic heterocycles. The van der Waals surface area contributed by atoms with Crippen LogP contribution in [0.4, 0.5) is 0 Å². The fraction of sp³-hybridized carbons (Fsp3) is 0.778. The molecule has 0 aromatic carbocycles. The third-order valence-electron chi connectivity index (χ3n) is 2.71. The van der Waals surface area contributed by atoms with Crippen LogP contribution in [-0.2, 0) is 12.0 Å². The van der Waals surface area contributed by atoms with Crippen molar-refractivity contribution < 1.29 is 4.52 Å². The lowest BCUT2D eigenvalue weighted by molar-refractivity contribution is 0.336. The maximum absolute atomic E-state index is 6.21. The highest BCUT2D eigenvalue weighted by Crippen LogP contribution is 2.26. The Kier molecular flexibility index (Phi) is 2.28. The van der Waals surface area contributed by atoms with Gasteiger partial charge in [-0.25, -0.2) is 0 Å². The van der Waals surface area contributed by atoms with Crippen LogP contribution in [0.25, 0.3) is 0 Å². The van der Waals surface area contributed by atoms with Crippen molar-refractivity contribution in [3.05, 3.63) is 11.7 Å². The molecule has 78 valence electrons. The fourth-order valence-corrected chi connectivity index (χ4v) is 1.81. The molecule has 1 aliphatic rings. The molecule has 2 rings (SSSR count). The number of aryl methyl sites for hydroxylation is 1. The highest BCUT2D eigenvalue weighted by Gasteiger charge is 2.38. The van der Waals surface area contributed by atoms with Crippen LogP contribution in [-0.4, -0.2) is 35.2 Å². The van der Waals surface area contributed by atoms with Crippen molar-refractivity contribution in [2.24, 2.45) is 5.73 Å². The van der Waals surface area contributed by atoms with Crippen LogP contribution in [0.3, 0.4) is 0 Å². The Morgan fingerprint density at radius 2 is 2.43 bits per heavy atom. The van der Waals surface area contributed by atoms with E-state index in [9.17, 15) is 0 Å². The Morgan fingerprint density at radius 1 is 1.64 bits per heavy atom. The molecule has 1 fully saturated rings. The first-order valence-corrected chi connectivity index (χ1v) is 4.94. The van der Waals surface area contributed by atoms with Gasteiger partial charge in [0.15, 0.2) is 5.82 Å². The predicted molar refractivity (Wildman–Crippen MR) is 51.7 cm³/mol. The molecule has 1 aromatic rings. The molecule has 1 atom stereocenters. The van der Waals surface area contributed by atoms with Gasteiger partial charge in [0.25, 0.3) is 0 Å². The van der Waals surface area contributed by atoms with E-state index in [1.54, 1.807) is 0 Å². The molecule has 0 bridgehead atoms. The molecule has 0 aliphatic carbocycles. The summed E-state index contributed by atoms with van der Waals surface area (Å²) in [7, 11) is 2.05. The lowest BCUT2D eigenvalue weighted by Gasteiger charge is -2.18. The third kappa shape index (κ3) is 1.53. The molecule has 1 unspecified atom stereocenters. The van der Waals surface area contributed by atoms with E-state index in [1.807, 2.05) is 6.92 Å². The Labute approximate surface area is 83.3 Å². The van der Waals surface area contributed by atoms with Gasteiger partial charge in [0.1, 0.15) is 0 Å². The predicted octanol–water partition coefficient (Wildman–Crippen LogP) is 0.121. The van der Waals surface area contributed by atoms with E-state index in [-0.39, 0.29) is 0 Å². The standard InChI is InChI=1S/C9H16N4O/c1-3-7-11-8(12-14-7)9(10)4-5-13(2)6-9/h3-6,10H2,1-2H3. The topological polar surface area (TPSA) is 68.2 Å². The minimum Gasteiger partial charge on any atom is -0.339 e. The number of hydrogen-bond donors (Lipinski definition) is 1. The average molecular weight is 196 g/mol. The Morgan fingerprint density at radius 3 is 2.93 bits per heavy atom. The van der Waals surface area contributed by atoms with Crippen LogP contribution >= 0.6 is 0 Å². The van der Waals surface area contributed by atoms with Gasteiger partial charge >= 0.3 is 0 Å². The van der Waals surface area contributed by atoms with Gasteiger partial charge in [0.2, 0.25) is 5.89 Å². The molecule has 1 saturated heterocycles. The van der Waals surface area contributed by atoms with Gasteiger partial charge in [-0.1, -0.05) is 12.1 Å². The highest BCUT2D eigenvalue weighted by molar-refractivity contribution is 5.08. The summed E-state index contributed by atoms with van der Waals surface area (Å²) in [5.74, 6) is 1.32. The molecule has 14 heavy (non-hydrogen) atoms. The van der Waals surface area contributed by atoms with Crippen molar-refractivity contribution in [1.29, 1.82) is 0 Å². The van der Waals surface area contributed by atoms with Gasteiger partial charge in [0.05, 0.1) is 5.54 Å². The quantitative estimate of drug-likeness (QED) is 0.727. The molecule has 0 radical (unpaired) electrons. The molecule has 2 N–H and O–H groups in total. The average Bonchev–Trinajstić information content (AvgIpc) is 2.73. The van der Waals surface area contributed by atoms with Crippen LogP contribution in [0.1, 0.15) is 25.1 Å². The molecular weight excluding hydrogens is 180 g/mol. The summed E-state index contributed by atoms with van der Waals surface area (Å²) in [6, 6.07) is 0. The molecule has 1 aliphatic heterocycles. The fourth-order valence-electron chi connectivity index (χ4n) is 1.81. The summed E-state index contributed by atoms with van der Waals surface area (Å²) in [6.07, 6.45) is 1.66. The van der Waals surface area contributed by atoms with Crippen molar-refractivity contribution in [3.63, 3.8) is 0 Å². The zero-order valence-corrected chi connectivity index (χ0v) is 8.66. The van der Waals surface area contributed by atoms with Crippen LogP contribution in [0.15, 0.2) is 4.52 Å². The van der Waals surface area contributed by atoms with Crippen molar-refractivity contribution >= 4 is 0 Å². The zero-order valence-electron chi connectivity index (χ0n) is 8.66. The number of nitrogens with two attached hydrogens (primary N) is 1. The first-order chi connectivity index (χ1) is 6.64. The number of aromatic nitrogens is 2. The molecule has 0 saturated carbocycles. The zero-order chi connectivity index (χ0) is 10.2. The van der Waals surface area contributed by atoms with Crippen LogP contribution < -0.4 is 5.73 Å². The van der Waals surface area contributed by atoms with Gasteiger partial charge in [-0.05, 0) is 13.5 Å². The van der Waals surface area contributed by atoms with Crippen molar-refractivity contribution in [2.45, 2.75) is 25.3 Å². The van der Waals surface area contributed by atoms with Crippen LogP contribution in [0.5, 0.6) is 0 Å². The monoisotopic (exact) mass is 196 g/mol. The van der Waals surface area contributed by atoms with Crippen molar-refractivity contribution in [1.82, 2.24) is 15.0 Å². The van der Waals surface area contributed by atoms with Crippen molar-refractivity contribution in [3.8, 4) is 0 Å². The van der Waals surface area contributed by atoms with Crippen molar-refractivity contribution in [2.75, 3.05) is 20.1 Å². The number of likely N-dealkylation sites (N-methyl/N-ethyl adjacent to an activating group) is 1.